The van der Waals surface area contributed by atoms with Crippen LogP contribution in [-0.4, -0.2) is 50.2 Å². The summed E-state index contributed by atoms with van der Waals surface area (Å²) in [5, 5.41) is 30.9. The predicted molar refractivity (Wildman–Crippen MR) is 177 cm³/mol. The van der Waals surface area contributed by atoms with Crippen molar-refractivity contribution in [1.29, 1.82) is 0 Å². The smallest absolute Gasteiger partial charge is 0.264 e. The topological polar surface area (TPSA) is 112 Å². The van der Waals surface area contributed by atoms with Gasteiger partial charge in [0.15, 0.2) is 5.60 Å². The number of anilines is 2. The van der Waals surface area contributed by atoms with Gasteiger partial charge in [0, 0.05) is 47.9 Å². The molecule has 1 saturated heterocycles. The lowest BCUT2D eigenvalue weighted by Crippen LogP contribution is -2.44. The number of allylic oxidation sites excluding steroid dienone is 1. The van der Waals surface area contributed by atoms with E-state index in [1.807, 2.05) is 84.8 Å². The molecule has 0 radical (unpaired) electrons. The predicted octanol–water partition coefficient (Wildman–Crippen LogP) is 5.59. The molecule has 2 amide bonds. The molecule has 0 saturated carbocycles. The maximum absolute atomic E-state index is 14.0. The highest BCUT2D eigenvalue weighted by Gasteiger charge is 2.52. The average molecular weight is 640 g/mol. The molecule has 3 aromatic carbocycles. The number of hydrogen-bond donors (Lipinski definition) is 2. The highest BCUT2D eigenvalue weighted by molar-refractivity contribution is 6.31. The first-order chi connectivity index (χ1) is 22.3. The van der Waals surface area contributed by atoms with Crippen molar-refractivity contribution in [2.24, 2.45) is 5.92 Å². The molecule has 10 heteroatoms. The molecule has 9 nitrogen and oxygen atoms in total. The zero-order chi connectivity index (χ0) is 32.3. The monoisotopic (exact) mass is 639 g/mol. The SMILES string of the molecule is C[C@H](/C=C/CCn1cc(C(CO)c2ccccc2)nn1)[C@@]1(O)C(=O)N(Cc2ccc(N3CCCCC3=O)cc2)c2ccc(Cl)cc21. The number of fused-ring (bicyclic) bond motifs is 1. The fourth-order valence-corrected chi connectivity index (χ4v) is 6.57. The van der Waals surface area contributed by atoms with Crippen molar-refractivity contribution in [1.82, 2.24) is 15.0 Å². The van der Waals surface area contributed by atoms with Gasteiger partial charge in [0.1, 0.15) is 0 Å². The van der Waals surface area contributed by atoms with E-state index in [2.05, 4.69) is 10.3 Å². The van der Waals surface area contributed by atoms with Crippen LogP contribution in [0.1, 0.15) is 60.9 Å². The molecule has 6 rings (SSSR count). The first kappa shape index (κ1) is 31.7. The fourth-order valence-electron chi connectivity index (χ4n) is 6.40. The highest BCUT2D eigenvalue weighted by Crippen LogP contribution is 2.46. The Labute approximate surface area is 273 Å². The molecule has 0 spiro atoms. The number of aliphatic hydroxyl groups is 2. The Hall–Kier alpha value is -4.31. The molecule has 1 aromatic heterocycles. The molecule has 1 unspecified atom stereocenters. The number of aromatic nitrogens is 3. The van der Waals surface area contributed by atoms with E-state index in [9.17, 15) is 19.8 Å². The summed E-state index contributed by atoms with van der Waals surface area (Å²) in [6, 6.07) is 22.6. The van der Waals surface area contributed by atoms with Crippen LogP contribution in [0.4, 0.5) is 11.4 Å². The lowest BCUT2D eigenvalue weighted by atomic mass is 9.83. The maximum atomic E-state index is 14.0. The molecule has 2 aliphatic rings. The van der Waals surface area contributed by atoms with Gasteiger partial charge in [-0.05, 0) is 60.7 Å². The molecule has 2 aliphatic heterocycles. The van der Waals surface area contributed by atoms with Gasteiger partial charge in [0.25, 0.3) is 5.91 Å². The number of rotatable bonds is 11. The third kappa shape index (κ3) is 6.23. The lowest BCUT2D eigenvalue weighted by molar-refractivity contribution is -0.139. The minimum absolute atomic E-state index is 0.0693. The van der Waals surface area contributed by atoms with Crippen LogP contribution in [0, 0.1) is 5.92 Å². The number of benzene rings is 3. The van der Waals surface area contributed by atoms with Crippen LogP contribution in [0.25, 0.3) is 0 Å². The van der Waals surface area contributed by atoms with Crippen molar-refractivity contribution in [3.8, 4) is 0 Å². The summed E-state index contributed by atoms with van der Waals surface area (Å²) < 4.78 is 1.73. The number of carbonyl (C=O) groups excluding carboxylic acids is 2. The molecule has 46 heavy (non-hydrogen) atoms. The molecular formula is C36H38ClN5O4. The van der Waals surface area contributed by atoms with Crippen molar-refractivity contribution in [2.75, 3.05) is 23.0 Å². The normalized spacial score (nSPS) is 19.6. The second-order valence-corrected chi connectivity index (χ2v) is 12.5. The number of aliphatic hydroxyl groups excluding tert-OH is 1. The van der Waals surface area contributed by atoms with Gasteiger partial charge in [0.05, 0.1) is 30.5 Å². The largest absolute Gasteiger partial charge is 0.395 e. The summed E-state index contributed by atoms with van der Waals surface area (Å²) in [7, 11) is 0. The van der Waals surface area contributed by atoms with Crippen LogP contribution in [0.2, 0.25) is 5.02 Å². The van der Waals surface area contributed by atoms with Crippen LogP contribution in [0.15, 0.2) is 91.1 Å². The zero-order valence-electron chi connectivity index (χ0n) is 25.8. The highest BCUT2D eigenvalue weighted by atomic mass is 35.5. The van der Waals surface area contributed by atoms with E-state index in [0.717, 1.165) is 29.7 Å². The van der Waals surface area contributed by atoms with Crippen LogP contribution >= 0.6 is 11.6 Å². The second kappa shape index (κ2) is 13.6. The molecule has 3 heterocycles. The van der Waals surface area contributed by atoms with E-state index in [4.69, 9.17) is 11.6 Å². The number of hydrogen-bond acceptors (Lipinski definition) is 6. The Bertz CT molecular complexity index is 1720. The number of piperidine rings is 1. The van der Waals surface area contributed by atoms with Gasteiger partial charge in [-0.15, -0.1) is 5.10 Å². The summed E-state index contributed by atoms with van der Waals surface area (Å²) in [6.07, 6.45) is 8.71. The van der Waals surface area contributed by atoms with Crippen molar-refractivity contribution in [2.45, 2.75) is 57.2 Å². The first-order valence-electron chi connectivity index (χ1n) is 15.8. The molecule has 0 aliphatic carbocycles. The Kier molecular flexibility index (Phi) is 9.35. The molecule has 3 atom stereocenters. The van der Waals surface area contributed by atoms with Gasteiger partial charge in [-0.1, -0.05) is 78.4 Å². The molecular weight excluding hydrogens is 602 g/mol. The van der Waals surface area contributed by atoms with Gasteiger partial charge < -0.3 is 20.0 Å². The number of aryl methyl sites for hydroxylation is 1. The van der Waals surface area contributed by atoms with Crippen LogP contribution < -0.4 is 9.80 Å². The minimum Gasteiger partial charge on any atom is -0.395 e. The number of halogens is 1. The van der Waals surface area contributed by atoms with Crippen molar-refractivity contribution < 1.29 is 19.8 Å². The van der Waals surface area contributed by atoms with Crippen molar-refractivity contribution in [3.63, 3.8) is 0 Å². The quantitative estimate of drug-likeness (QED) is 0.207. The number of amides is 2. The summed E-state index contributed by atoms with van der Waals surface area (Å²) in [4.78, 5) is 29.8. The molecule has 4 aromatic rings. The average Bonchev–Trinajstić information content (AvgIpc) is 3.62. The third-order valence-electron chi connectivity index (χ3n) is 9.05. The van der Waals surface area contributed by atoms with E-state index >= 15 is 0 Å². The summed E-state index contributed by atoms with van der Waals surface area (Å²) in [5.41, 5.74) is 2.73. The summed E-state index contributed by atoms with van der Waals surface area (Å²) in [6.45, 7) is 3.29. The molecule has 1 fully saturated rings. The van der Waals surface area contributed by atoms with E-state index < -0.39 is 17.4 Å². The van der Waals surface area contributed by atoms with Crippen LogP contribution in [-0.2, 0) is 28.3 Å². The number of carbonyl (C=O) groups is 2. The van der Waals surface area contributed by atoms with Crippen LogP contribution in [0.5, 0.6) is 0 Å². The van der Waals surface area contributed by atoms with E-state index in [1.54, 1.807) is 27.8 Å². The Morgan fingerprint density at radius 2 is 1.83 bits per heavy atom. The standard InChI is InChI=1S/C36H38ClN5O4/c1-25(9-5-7-19-40-23-32(38-39-40)30(24-43)27-10-3-2-4-11-27)36(46)31-21-28(37)15-18-33(31)42(35(36)45)22-26-13-16-29(17-14-26)41-20-8-6-12-34(41)44/h2-5,9-11,13-18,21,23,25,30,43,46H,6-8,12,19-20,22,24H2,1H3/b9-5+/t25-,30?,36+/m1/s1. The van der Waals surface area contributed by atoms with E-state index in [-0.39, 0.29) is 25.0 Å². The third-order valence-corrected chi connectivity index (χ3v) is 9.28. The second-order valence-electron chi connectivity index (χ2n) is 12.0. The minimum atomic E-state index is -1.79. The van der Waals surface area contributed by atoms with Crippen molar-refractivity contribution in [3.05, 3.63) is 119 Å². The van der Waals surface area contributed by atoms with Gasteiger partial charge in [-0.2, -0.15) is 0 Å². The van der Waals surface area contributed by atoms with Gasteiger partial charge in [-0.3, -0.25) is 14.3 Å². The summed E-state index contributed by atoms with van der Waals surface area (Å²) in [5.74, 6) is -1.07. The number of nitrogens with zero attached hydrogens (tertiary/aromatic N) is 5. The van der Waals surface area contributed by atoms with Crippen LogP contribution in [0.3, 0.4) is 0 Å². The first-order valence-corrected chi connectivity index (χ1v) is 16.1. The molecule has 238 valence electrons. The fraction of sp³-hybridized carbons (Fsp3) is 0.333. The maximum Gasteiger partial charge on any atom is 0.264 e. The lowest BCUT2D eigenvalue weighted by Gasteiger charge is -2.28. The Balaban J connectivity index is 1.14. The van der Waals surface area contributed by atoms with Crippen molar-refractivity contribution >= 4 is 34.8 Å². The van der Waals surface area contributed by atoms with E-state index in [1.165, 1.54) is 0 Å². The van der Waals surface area contributed by atoms with E-state index in [0.29, 0.717) is 47.9 Å². The van der Waals surface area contributed by atoms with Gasteiger partial charge >= 0.3 is 0 Å². The molecule has 2 N–H and O–H groups in total. The molecule has 0 bridgehead atoms. The Morgan fingerprint density at radius 1 is 1.04 bits per heavy atom. The zero-order valence-corrected chi connectivity index (χ0v) is 26.6. The Morgan fingerprint density at radius 3 is 2.57 bits per heavy atom. The summed E-state index contributed by atoms with van der Waals surface area (Å²) >= 11 is 6.36. The van der Waals surface area contributed by atoms with Gasteiger partial charge in [-0.25, -0.2) is 0 Å². The van der Waals surface area contributed by atoms with Gasteiger partial charge in [0.2, 0.25) is 5.91 Å².